The van der Waals surface area contributed by atoms with Gasteiger partial charge in [-0.1, -0.05) is 6.07 Å². The SMILES string of the molecule is CC(COCC1CNC(=O)O1)Oc1cncc2ccc(C(N)=O)cc12. The van der Waals surface area contributed by atoms with Crippen molar-refractivity contribution in [2.45, 2.75) is 19.1 Å². The van der Waals surface area contributed by atoms with Crippen LogP contribution in [0.5, 0.6) is 5.75 Å². The lowest BCUT2D eigenvalue weighted by molar-refractivity contribution is 0.0130. The van der Waals surface area contributed by atoms with Crippen LogP contribution in [-0.4, -0.2) is 49.0 Å². The molecule has 2 heterocycles. The van der Waals surface area contributed by atoms with Gasteiger partial charge in [-0.2, -0.15) is 0 Å². The molecule has 0 aliphatic carbocycles. The fraction of sp³-hybridized carbons (Fsp3) is 0.353. The molecule has 0 radical (unpaired) electrons. The molecule has 3 rings (SSSR count). The van der Waals surface area contributed by atoms with Gasteiger partial charge in [0.05, 0.1) is 26.0 Å². The normalized spacial score (nSPS) is 17.8. The van der Waals surface area contributed by atoms with E-state index in [0.29, 0.717) is 31.1 Å². The van der Waals surface area contributed by atoms with Crippen molar-refractivity contribution in [1.29, 1.82) is 0 Å². The first-order valence-corrected chi connectivity index (χ1v) is 7.89. The zero-order valence-electron chi connectivity index (χ0n) is 13.7. The zero-order valence-corrected chi connectivity index (χ0v) is 13.7. The van der Waals surface area contributed by atoms with Gasteiger partial charge in [-0.25, -0.2) is 4.79 Å². The highest BCUT2D eigenvalue weighted by Gasteiger charge is 2.22. The van der Waals surface area contributed by atoms with E-state index >= 15 is 0 Å². The van der Waals surface area contributed by atoms with Crippen molar-refractivity contribution in [2.75, 3.05) is 19.8 Å². The van der Waals surface area contributed by atoms with Crippen LogP contribution in [0, 0.1) is 0 Å². The minimum atomic E-state index is -0.499. The Kier molecular flexibility index (Phi) is 4.99. The maximum absolute atomic E-state index is 11.4. The molecule has 0 spiro atoms. The van der Waals surface area contributed by atoms with Crippen LogP contribution in [-0.2, 0) is 9.47 Å². The Balaban J connectivity index is 1.62. The van der Waals surface area contributed by atoms with Crippen LogP contribution in [0.4, 0.5) is 4.79 Å². The predicted octanol–water partition coefficient (Wildman–Crippen LogP) is 1.23. The van der Waals surface area contributed by atoms with E-state index in [1.54, 1.807) is 30.6 Å². The molecule has 1 fully saturated rings. The summed E-state index contributed by atoms with van der Waals surface area (Å²) in [4.78, 5) is 26.5. The van der Waals surface area contributed by atoms with Crippen LogP contribution < -0.4 is 15.8 Å². The summed E-state index contributed by atoms with van der Waals surface area (Å²) in [5, 5.41) is 4.17. The van der Waals surface area contributed by atoms with E-state index in [4.69, 9.17) is 19.9 Å². The molecule has 1 saturated heterocycles. The van der Waals surface area contributed by atoms with Crippen LogP contribution in [0.1, 0.15) is 17.3 Å². The number of fused-ring (bicyclic) bond motifs is 1. The standard InChI is InChI=1S/C17H19N3O5/c1-10(8-23-9-13-6-20-17(22)25-13)24-15-7-19-5-12-3-2-11(16(18)21)4-14(12)15/h2-5,7,10,13H,6,8-9H2,1H3,(H2,18,21)(H,20,22). The van der Waals surface area contributed by atoms with Gasteiger partial charge in [-0.3, -0.25) is 9.78 Å². The Hall–Kier alpha value is -2.87. The second-order valence-corrected chi connectivity index (χ2v) is 5.81. The molecule has 3 N–H and O–H groups in total. The molecule has 25 heavy (non-hydrogen) atoms. The lowest BCUT2D eigenvalue weighted by Gasteiger charge is -2.17. The van der Waals surface area contributed by atoms with Gasteiger partial charge in [0.1, 0.15) is 18.0 Å². The Labute approximate surface area is 144 Å². The zero-order chi connectivity index (χ0) is 17.8. The van der Waals surface area contributed by atoms with Crippen LogP contribution in [0.2, 0.25) is 0 Å². The summed E-state index contributed by atoms with van der Waals surface area (Å²) in [5.74, 6) is 0.0476. The average molecular weight is 345 g/mol. The third-order valence-corrected chi connectivity index (χ3v) is 3.74. The maximum Gasteiger partial charge on any atom is 0.407 e. The Morgan fingerprint density at radius 2 is 2.32 bits per heavy atom. The van der Waals surface area contributed by atoms with Gasteiger partial charge < -0.3 is 25.3 Å². The highest BCUT2D eigenvalue weighted by atomic mass is 16.6. The first-order valence-electron chi connectivity index (χ1n) is 7.89. The molecule has 1 aromatic carbocycles. The number of primary amides is 1. The maximum atomic E-state index is 11.4. The molecule has 8 nitrogen and oxygen atoms in total. The molecule has 2 amide bonds. The van der Waals surface area contributed by atoms with Gasteiger partial charge in [-0.05, 0) is 19.1 Å². The van der Waals surface area contributed by atoms with Gasteiger partial charge >= 0.3 is 6.09 Å². The summed E-state index contributed by atoms with van der Waals surface area (Å²) in [6, 6.07) is 5.11. The van der Waals surface area contributed by atoms with Gasteiger partial charge in [0, 0.05) is 22.5 Å². The van der Waals surface area contributed by atoms with Crippen LogP contribution in [0.25, 0.3) is 10.8 Å². The number of hydrogen-bond donors (Lipinski definition) is 2. The number of cyclic esters (lactones) is 1. The summed E-state index contributed by atoms with van der Waals surface area (Å²) in [7, 11) is 0. The van der Waals surface area contributed by atoms with Gasteiger partial charge in [-0.15, -0.1) is 0 Å². The minimum Gasteiger partial charge on any atom is -0.486 e. The molecule has 2 atom stereocenters. The highest BCUT2D eigenvalue weighted by Crippen LogP contribution is 2.26. The number of nitrogens with one attached hydrogen (secondary N) is 1. The van der Waals surface area contributed by atoms with E-state index in [2.05, 4.69) is 10.3 Å². The van der Waals surface area contributed by atoms with Crippen molar-refractivity contribution in [1.82, 2.24) is 10.3 Å². The third-order valence-electron chi connectivity index (χ3n) is 3.74. The number of pyridine rings is 1. The predicted molar refractivity (Wildman–Crippen MR) is 89.4 cm³/mol. The van der Waals surface area contributed by atoms with E-state index < -0.39 is 12.0 Å². The van der Waals surface area contributed by atoms with Gasteiger partial charge in [0.25, 0.3) is 0 Å². The number of benzene rings is 1. The molecular formula is C17H19N3O5. The second-order valence-electron chi connectivity index (χ2n) is 5.81. The van der Waals surface area contributed by atoms with Crippen molar-refractivity contribution in [3.63, 3.8) is 0 Å². The summed E-state index contributed by atoms with van der Waals surface area (Å²) < 4.78 is 16.4. The molecule has 2 unspecified atom stereocenters. The molecule has 0 saturated carbocycles. The number of alkyl carbamates (subject to hydrolysis) is 1. The molecular weight excluding hydrogens is 326 g/mol. The number of nitrogens with zero attached hydrogens (tertiary/aromatic N) is 1. The Morgan fingerprint density at radius 1 is 1.48 bits per heavy atom. The molecule has 1 aliphatic heterocycles. The number of ether oxygens (including phenoxy) is 3. The molecule has 0 bridgehead atoms. The number of amides is 2. The van der Waals surface area contributed by atoms with Crippen molar-refractivity contribution in [3.8, 4) is 5.75 Å². The molecule has 8 heteroatoms. The largest absolute Gasteiger partial charge is 0.486 e. The van der Waals surface area contributed by atoms with E-state index in [0.717, 1.165) is 10.8 Å². The van der Waals surface area contributed by atoms with Crippen LogP contribution in [0.3, 0.4) is 0 Å². The number of aromatic nitrogens is 1. The summed E-state index contributed by atoms with van der Waals surface area (Å²) in [6.07, 6.45) is 2.32. The topological polar surface area (TPSA) is 113 Å². The van der Waals surface area contributed by atoms with E-state index in [1.807, 2.05) is 6.92 Å². The number of hydrogen-bond acceptors (Lipinski definition) is 6. The molecule has 2 aromatic rings. The smallest absolute Gasteiger partial charge is 0.407 e. The fourth-order valence-corrected chi connectivity index (χ4v) is 2.53. The Morgan fingerprint density at radius 3 is 3.04 bits per heavy atom. The van der Waals surface area contributed by atoms with Crippen LogP contribution >= 0.6 is 0 Å². The van der Waals surface area contributed by atoms with Crippen molar-refractivity contribution in [3.05, 3.63) is 36.2 Å². The number of rotatable bonds is 7. The Bertz CT molecular complexity index is 795. The fourth-order valence-electron chi connectivity index (χ4n) is 2.53. The summed E-state index contributed by atoms with van der Waals surface area (Å²) in [5.41, 5.74) is 5.74. The lowest BCUT2D eigenvalue weighted by Crippen LogP contribution is -2.25. The number of nitrogens with two attached hydrogens (primary N) is 1. The van der Waals surface area contributed by atoms with E-state index in [1.165, 1.54) is 0 Å². The first kappa shape index (κ1) is 17.0. The van der Waals surface area contributed by atoms with Crippen LogP contribution in [0.15, 0.2) is 30.6 Å². The van der Waals surface area contributed by atoms with E-state index in [-0.39, 0.29) is 12.2 Å². The van der Waals surface area contributed by atoms with Gasteiger partial charge in [0.15, 0.2) is 0 Å². The summed E-state index contributed by atoms with van der Waals surface area (Å²) in [6.45, 7) is 2.92. The average Bonchev–Trinajstić information content (AvgIpc) is 3.00. The quantitative estimate of drug-likeness (QED) is 0.780. The third kappa shape index (κ3) is 4.16. The molecule has 132 valence electrons. The van der Waals surface area contributed by atoms with E-state index in [9.17, 15) is 9.59 Å². The minimum absolute atomic E-state index is 0.255. The molecule has 1 aliphatic rings. The second kappa shape index (κ2) is 7.35. The van der Waals surface area contributed by atoms with Crippen molar-refractivity contribution < 1.29 is 23.8 Å². The number of carbonyl (C=O) groups excluding carboxylic acids is 2. The van der Waals surface area contributed by atoms with Crippen molar-refractivity contribution >= 4 is 22.8 Å². The monoisotopic (exact) mass is 345 g/mol. The first-order chi connectivity index (χ1) is 12.0. The molecule has 1 aromatic heterocycles. The van der Waals surface area contributed by atoms with Gasteiger partial charge in [0.2, 0.25) is 5.91 Å². The van der Waals surface area contributed by atoms with Crippen molar-refractivity contribution in [2.24, 2.45) is 5.73 Å². The summed E-state index contributed by atoms with van der Waals surface area (Å²) >= 11 is 0. The lowest BCUT2D eigenvalue weighted by atomic mass is 10.1. The highest BCUT2D eigenvalue weighted by molar-refractivity contribution is 5.99. The number of carbonyl (C=O) groups is 2.